The molecule has 2 aliphatic heterocycles. The van der Waals surface area contributed by atoms with Gasteiger partial charge in [-0.05, 0) is 88.3 Å². The lowest BCUT2D eigenvalue weighted by molar-refractivity contribution is -0.742. The fourth-order valence-corrected chi connectivity index (χ4v) is 7.66. The van der Waals surface area contributed by atoms with Gasteiger partial charge in [-0.15, -0.1) is 0 Å². The van der Waals surface area contributed by atoms with Crippen molar-refractivity contribution in [1.82, 2.24) is 4.90 Å². The van der Waals surface area contributed by atoms with Gasteiger partial charge in [-0.2, -0.15) is 4.99 Å². The van der Waals surface area contributed by atoms with E-state index in [1.165, 1.54) is 38.5 Å². The molecule has 2 heterocycles. The van der Waals surface area contributed by atoms with Gasteiger partial charge in [-0.25, -0.2) is 4.48 Å². The first-order chi connectivity index (χ1) is 14.7. The predicted octanol–water partition coefficient (Wildman–Crippen LogP) is 2.02. The van der Waals surface area contributed by atoms with Crippen LogP contribution in [-0.2, 0) is 9.59 Å². The van der Waals surface area contributed by atoms with Crippen molar-refractivity contribution < 1.29 is 14.1 Å². The summed E-state index contributed by atoms with van der Waals surface area (Å²) in [5, 5.41) is 0. The highest BCUT2D eigenvalue weighted by Gasteiger charge is 2.53. The second-order valence-corrected chi connectivity index (χ2v) is 10.9. The van der Waals surface area contributed by atoms with Crippen molar-refractivity contribution in [3.63, 3.8) is 0 Å². The molecule has 0 radical (unpaired) electrons. The molecule has 4 N–H and O–H groups in total. The van der Waals surface area contributed by atoms with Crippen molar-refractivity contribution in [1.29, 1.82) is 0 Å². The summed E-state index contributed by atoms with van der Waals surface area (Å²) in [6.07, 6.45) is 16.5. The zero-order chi connectivity index (χ0) is 22.0. The molecule has 4 bridgehead atoms. The summed E-state index contributed by atoms with van der Waals surface area (Å²) in [7, 11) is 4.23. The fourth-order valence-electron chi connectivity index (χ4n) is 7.66. The maximum absolute atomic E-state index is 12.4. The quantitative estimate of drug-likeness (QED) is 0.611. The number of allylic oxidation sites excluding steroid dienone is 2. The molecular formula is C24H34N5O2+. The van der Waals surface area contributed by atoms with Crippen LogP contribution >= 0.6 is 0 Å². The molecule has 4 aliphatic carbocycles. The summed E-state index contributed by atoms with van der Waals surface area (Å²) in [6, 6.07) is 0.221. The maximum Gasteiger partial charge on any atom is 0.303 e. The van der Waals surface area contributed by atoms with E-state index in [2.05, 4.69) is 24.0 Å². The lowest BCUT2D eigenvalue weighted by Crippen LogP contribution is -2.57. The second kappa shape index (κ2) is 7.14. The van der Waals surface area contributed by atoms with Crippen molar-refractivity contribution in [2.45, 2.75) is 51.0 Å². The minimum absolute atomic E-state index is 0.0827. The molecule has 0 aromatic rings. The van der Waals surface area contributed by atoms with Crippen molar-refractivity contribution in [2.75, 3.05) is 20.6 Å². The maximum atomic E-state index is 12.4. The number of amides is 2. The molecule has 31 heavy (non-hydrogen) atoms. The molecule has 166 valence electrons. The standard InChI is InChI=1S/C24H33N5O2/c1-28(2)18(12-24-9-15-6-16(10-24)8-17(7-15)11-24)13-29-14-19(22(25)30)27-21(29)5-3-4-20(29)23(26)31/h3-5,14-18H,6-13H2,1-2H3,(H3-,25,26,30,31)/p+1. The Balaban J connectivity index is 1.48. The van der Waals surface area contributed by atoms with Gasteiger partial charge in [0.05, 0.1) is 6.04 Å². The average Bonchev–Trinajstić information content (AvgIpc) is 3.05. The third kappa shape index (κ3) is 3.38. The third-order valence-electron chi connectivity index (χ3n) is 8.48. The number of hydrogen-bond acceptors (Lipinski definition) is 4. The number of carbonyl (C=O) groups excluding carboxylic acids is 2. The molecule has 0 aromatic carbocycles. The molecule has 0 spiro atoms. The van der Waals surface area contributed by atoms with E-state index in [1.54, 1.807) is 18.4 Å². The Morgan fingerprint density at radius 3 is 2.26 bits per heavy atom. The van der Waals surface area contributed by atoms with Crippen LogP contribution in [0.2, 0.25) is 0 Å². The molecule has 2 amide bonds. The van der Waals surface area contributed by atoms with Crippen LogP contribution in [0.15, 0.2) is 40.8 Å². The topological polar surface area (TPSA) is 102 Å². The van der Waals surface area contributed by atoms with Gasteiger partial charge >= 0.3 is 5.91 Å². The number of aliphatic imine (C=N–C) groups is 1. The van der Waals surface area contributed by atoms with Crippen molar-refractivity contribution >= 4 is 17.6 Å². The first kappa shape index (κ1) is 20.6. The molecule has 7 heteroatoms. The highest BCUT2D eigenvalue weighted by molar-refractivity contribution is 6.04. The molecule has 6 rings (SSSR count). The number of nitrogens with zero attached hydrogens (tertiary/aromatic N) is 3. The number of nitrogens with two attached hydrogens (primary N) is 2. The zero-order valence-electron chi connectivity index (χ0n) is 18.6. The summed E-state index contributed by atoms with van der Waals surface area (Å²) >= 11 is 0. The summed E-state index contributed by atoms with van der Waals surface area (Å²) < 4.78 is 0.0827. The van der Waals surface area contributed by atoms with E-state index in [1.807, 2.05) is 6.08 Å². The number of carbonyl (C=O) groups is 2. The van der Waals surface area contributed by atoms with Crippen molar-refractivity contribution in [3.05, 3.63) is 35.8 Å². The van der Waals surface area contributed by atoms with Gasteiger partial charge < -0.3 is 16.4 Å². The Morgan fingerprint density at radius 2 is 1.74 bits per heavy atom. The third-order valence-corrected chi connectivity index (χ3v) is 8.48. The molecule has 7 nitrogen and oxygen atoms in total. The van der Waals surface area contributed by atoms with E-state index in [0.29, 0.717) is 23.5 Å². The monoisotopic (exact) mass is 424 g/mol. The lowest BCUT2D eigenvalue weighted by atomic mass is 9.48. The largest absolute Gasteiger partial charge is 0.364 e. The van der Waals surface area contributed by atoms with Gasteiger partial charge in [0.2, 0.25) is 11.5 Å². The zero-order valence-corrected chi connectivity index (χ0v) is 18.6. The number of amidine groups is 1. The van der Waals surface area contributed by atoms with Crippen LogP contribution in [-0.4, -0.2) is 53.7 Å². The van der Waals surface area contributed by atoms with E-state index >= 15 is 0 Å². The Morgan fingerprint density at radius 1 is 1.13 bits per heavy atom. The van der Waals surface area contributed by atoms with Gasteiger partial charge in [0, 0.05) is 12.2 Å². The van der Waals surface area contributed by atoms with Crippen LogP contribution in [0.5, 0.6) is 0 Å². The number of fused-ring (bicyclic) bond motifs is 1. The Labute approximate surface area is 184 Å². The van der Waals surface area contributed by atoms with Crippen LogP contribution in [0.4, 0.5) is 0 Å². The highest BCUT2D eigenvalue weighted by Crippen LogP contribution is 2.61. The SMILES string of the molecule is CN(C)C(CC12CC3CC(CC(C3)C1)C2)C[N+]12C=C(C(N)=O)N=C1C=CC=C2C(N)=O. The lowest BCUT2D eigenvalue weighted by Gasteiger charge is -2.58. The van der Waals surface area contributed by atoms with Crippen molar-refractivity contribution in [3.8, 4) is 0 Å². The first-order valence-corrected chi connectivity index (χ1v) is 11.5. The number of primary amides is 2. The van der Waals surface area contributed by atoms with Crippen LogP contribution < -0.4 is 11.5 Å². The minimum Gasteiger partial charge on any atom is -0.364 e. The average molecular weight is 425 g/mol. The van der Waals surface area contributed by atoms with E-state index < -0.39 is 11.8 Å². The number of quaternary nitrogens is 1. The van der Waals surface area contributed by atoms with E-state index in [-0.39, 0.29) is 16.2 Å². The number of likely N-dealkylation sites (N-methyl/N-ethyl adjacent to an activating group) is 1. The molecular weight excluding hydrogens is 390 g/mol. The molecule has 4 fully saturated rings. The summed E-state index contributed by atoms with van der Waals surface area (Å²) in [4.78, 5) is 31.1. The number of hydrogen-bond donors (Lipinski definition) is 2. The molecule has 0 saturated heterocycles. The fraction of sp³-hybridized carbons (Fsp3) is 0.625. The Hall–Kier alpha value is -2.25. The van der Waals surface area contributed by atoms with E-state index in [4.69, 9.17) is 11.5 Å². The predicted molar refractivity (Wildman–Crippen MR) is 119 cm³/mol. The van der Waals surface area contributed by atoms with Gasteiger partial charge in [0.25, 0.3) is 5.91 Å². The summed E-state index contributed by atoms with van der Waals surface area (Å²) in [5.74, 6) is 2.24. The molecule has 4 saturated carbocycles. The van der Waals surface area contributed by atoms with Crippen LogP contribution in [0.3, 0.4) is 0 Å². The highest BCUT2D eigenvalue weighted by atomic mass is 16.2. The smallest absolute Gasteiger partial charge is 0.303 e. The minimum atomic E-state index is -0.584. The van der Waals surface area contributed by atoms with Crippen LogP contribution in [0.25, 0.3) is 0 Å². The van der Waals surface area contributed by atoms with E-state index in [9.17, 15) is 9.59 Å². The molecule has 2 unspecified atom stereocenters. The van der Waals surface area contributed by atoms with Crippen LogP contribution in [0, 0.1) is 23.2 Å². The Kier molecular flexibility index (Phi) is 4.75. The normalized spacial score (nSPS) is 38.5. The van der Waals surface area contributed by atoms with Crippen LogP contribution in [0.1, 0.15) is 44.9 Å². The molecule has 2 atom stereocenters. The van der Waals surface area contributed by atoms with Gasteiger partial charge in [-0.1, -0.05) is 0 Å². The van der Waals surface area contributed by atoms with Gasteiger partial charge in [-0.3, -0.25) is 9.59 Å². The summed E-state index contributed by atoms with van der Waals surface area (Å²) in [6.45, 7) is 0.615. The van der Waals surface area contributed by atoms with E-state index in [0.717, 1.165) is 24.2 Å². The first-order valence-electron chi connectivity index (χ1n) is 11.5. The number of rotatable bonds is 7. The molecule has 6 aliphatic rings. The van der Waals surface area contributed by atoms with Crippen molar-refractivity contribution in [2.24, 2.45) is 39.6 Å². The van der Waals surface area contributed by atoms with Gasteiger partial charge in [0.1, 0.15) is 12.7 Å². The summed E-state index contributed by atoms with van der Waals surface area (Å²) in [5.41, 5.74) is 12.4. The second-order valence-electron chi connectivity index (χ2n) is 10.9. The Bertz CT molecular complexity index is 908. The molecule has 0 aromatic heterocycles. The van der Waals surface area contributed by atoms with Gasteiger partial charge in [0.15, 0.2) is 5.70 Å².